The fourth-order valence-corrected chi connectivity index (χ4v) is 2.74. The van der Waals surface area contributed by atoms with Crippen molar-refractivity contribution >= 4 is 11.7 Å². The summed E-state index contributed by atoms with van der Waals surface area (Å²) in [5.41, 5.74) is -0.0524. The van der Waals surface area contributed by atoms with E-state index in [1.807, 2.05) is 0 Å². The molecule has 162 valence electrons. The topological polar surface area (TPSA) is 64.6 Å². The van der Waals surface area contributed by atoms with Crippen molar-refractivity contribution in [2.45, 2.75) is 44.2 Å². The summed E-state index contributed by atoms with van der Waals surface area (Å²) in [5.74, 6) is -6.11. The Kier molecular flexibility index (Phi) is 7.09. The minimum absolute atomic E-state index is 0.0524. The fourth-order valence-electron chi connectivity index (χ4n) is 2.74. The summed E-state index contributed by atoms with van der Waals surface area (Å²) in [7, 11) is 0. The van der Waals surface area contributed by atoms with Crippen LogP contribution in [0, 0.1) is 5.92 Å². The lowest BCUT2D eigenvalue weighted by Crippen LogP contribution is -2.42. The van der Waals surface area contributed by atoms with Gasteiger partial charge in [-0.2, -0.15) is 8.78 Å². The van der Waals surface area contributed by atoms with Gasteiger partial charge in [0.1, 0.15) is 11.5 Å². The molecule has 1 aromatic rings. The first-order chi connectivity index (χ1) is 13.3. The highest BCUT2D eigenvalue weighted by molar-refractivity contribution is 5.99. The number of carbonyl (C=O) groups is 2. The van der Waals surface area contributed by atoms with Crippen molar-refractivity contribution < 1.29 is 49.8 Å². The van der Waals surface area contributed by atoms with Crippen molar-refractivity contribution in [2.75, 3.05) is 6.61 Å². The monoisotopic (exact) mass is 431 g/mol. The van der Waals surface area contributed by atoms with Crippen LogP contribution >= 0.6 is 0 Å². The standard InChI is InChI=1S/C17H16F7NO4/c18-15(19)29-11-3-1-2-9(4-11)12(8-28-17(22,23)24)25-14(27)5-13(26)10-6-16(20,21)7-10/h1-4,10,12,15H,5-8H2,(H,25,27)/t12-/m0/s1. The van der Waals surface area contributed by atoms with Gasteiger partial charge in [0.25, 0.3) is 0 Å². The maximum Gasteiger partial charge on any atom is 0.522 e. The Bertz CT molecular complexity index is 731. The van der Waals surface area contributed by atoms with Crippen LogP contribution in [0.3, 0.4) is 0 Å². The van der Waals surface area contributed by atoms with Crippen LogP contribution in [0.4, 0.5) is 30.7 Å². The van der Waals surface area contributed by atoms with E-state index >= 15 is 0 Å². The third-order valence-corrected chi connectivity index (χ3v) is 4.11. The highest BCUT2D eigenvalue weighted by Gasteiger charge is 2.48. The Hall–Kier alpha value is -2.37. The Balaban J connectivity index is 2.05. The summed E-state index contributed by atoms with van der Waals surface area (Å²) in [6, 6.07) is 3.09. The molecule has 0 aromatic heterocycles. The highest BCUT2D eigenvalue weighted by Crippen LogP contribution is 2.43. The van der Waals surface area contributed by atoms with E-state index in [2.05, 4.69) is 14.8 Å². The molecule has 1 saturated carbocycles. The number of nitrogens with one attached hydrogen (secondary N) is 1. The number of ketones is 1. The molecule has 29 heavy (non-hydrogen) atoms. The molecule has 0 unspecified atom stereocenters. The molecule has 0 radical (unpaired) electrons. The second-order valence-corrected chi connectivity index (χ2v) is 6.43. The first-order valence-corrected chi connectivity index (χ1v) is 8.30. The number of ether oxygens (including phenoxy) is 2. The van der Waals surface area contributed by atoms with Crippen LogP contribution in [0.25, 0.3) is 0 Å². The zero-order valence-electron chi connectivity index (χ0n) is 14.6. The summed E-state index contributed by atoms with van der Waals surface area (Å²) in [4.78, 5) is 23.8. The Morgan fingerprint density at radius 2 is 1.86 bits per heavy atom. The summed E-state index contributed by atoms with van der Waals surface area (Å²) < 4.78 is 95.3. The molecule has 12 heteroatoms. The van der Waals surface area contributed by atoms with Gasteiger partial charge in [0.2, 0.25) is 11.8 Å². The SMILES string of the molecule is O=C(CC(=O)C1CC(F)(F)C1)N[C@@H](COC(F)(F)F)c1cccc(OC(F)F)c1. The average molecular weight is 431 g/mol. The lowest BCUT2D eigenvalue weighted by molar-refractivity contribution is -0.326. The summed E-state index contributed by atoms with van der Waals surface area (Å²) in [6.07, 6.45) is -7.22. The minimum atomic E-state index is -5.03. The molecular formula is C17H16F7NO4. The number of hydrogen-bond donors (Lipinski definition) is 1. The third-order valence-electron chi connectivity index (χ3n) is 4.11. The smallest absolute Gasteiger partial charge is 0.435 e. The molecule has 0 spiro atoms. The molecule has 0 aliphatic heterocycles. The zero-order valence-corrected chi connectivity index (χ0v) is 14.6. The molecular weight excluding hydrogens is 415 g/mol. The molecule has 1 aliphatic rings. The van der Waals surface area contributed by atoms with E-state index in [0.717, 1.165) is 12.1 Å². The lowest BCUT2D eigenvalue weighted by Gasteiger charge is -2.33. The maximum absolute atomic E-state index is 12.8. The second-order valence-electron chi connectivity index (χ2n) is 6.43. The van der Waals surface area contributed by atoms with Gasteiger partial charge in [-0.3, -0.25) is 14.3 Å². The van der Waals surface area contributed by atoms with Crippen LogP contribution in [0.2, 0.25) is 0 Å². The van der Waals surface area contributed by atoms with E-state index in [0.29, 0.717) is 0 Å². The van der Waals surface area contributed by atoms with Crippen molar-refractivity contribution in [3.63, 3.8) is 0 Å². The molecule has 1 fully saturated rings. The van der Waals surface area contributed by atoms with Crippen LogP contribution in [-0.2, 0) is 14.3 Å². The van der Waals surface area contributed by atoms with E-state index in [9.17, 15) is 40.3 Å². The van der Waals surface area contributed by atoms with E-state index < -0.39 is 68.4 Å². The molecule has 1 N–H and O–H groups in total. The normalized spacial score (nSPS) is 17.5. The van der Waals surface area contributed by atoms with Crippen molar-refractivity contribution in [1.82, 2.24) is 5.32 Å². The quantitative estimate of drug-likeness (QED) is 0.475. The summed E-state index contributed by atoms with van der Waals surface area (Å²) in [5, 5.41) is 2.13. The van der Waals surface area contributed by atoms with E-state index in [4.69, 9.17) is 0 Å². The third kappa shape index (κ3) is 7.52. The largest absolute Gasteiger partial charge is 0.522 e. The lowest BCUT2D eigenvalue weighted by atomic mass is 9.77. The number of benzene rings is 1. The summed E-state index contributed by atoms with van der Waals surface area (Å²) in [6.45, 7) is -4.29. The van der Waals surface area contributed by atoms with Gasteiger partial charge in [0.15, 0.2) is 0 Å². The zero-order chi connectivity index (χ0) is 21.8. The number of alkyl halides is 7. The predicted octanol–water partition coefficient (Wildman–Crippen LogP) is 3.99. The number of halogens is 7. The van der Waals surface area contributed by atoms with Gasteiger partial charge in [0.05, 0.1) is 19.1 Å². The molecule has 0 heterocycles. The molecule has 1 amide bonds. The van der Waals surface area contributed by atoms with Crippen LogP contribution < -0.4 is 10.1 Å². The summed E-state index contributed by atoms with van der Waals surface area (Å²) >= 11 is 0. The van der Waals surface area contributed by atoms with Gasteiger partial charge in [-0.05, 0) is 17.7 Å². The van der Waals surface area contributed by atoms with Gasteiger partial charge >= 0.3 is 13.0 Å². The first kappa shape index (κ1) is 22.9. The van der Waals surface area contributed by atoms with Gasteiger partial charge in [-0.15, -0.1) is 13.2 Å². The first-order valence-electron chi connectivity index (χ1n) is 8.30. The second kappa shape index (κ2) is 8.97. The molecule has 5 nitrogen and oxygen atoms in total. The Morgan fingerprint density at radius 1 is 1.21 bits per heavy atom. The van der Waals surface area contributed by atoms with E-state index in [1.165, 1.54) is 12.1 Å². The molecule has 1 atom stereocenters. The number of amides is 1. The highest BCUT2D eigenvalue weighted by atomic mass is 19.4. The molecule has 1 aliphatic carbocycles. The van der Waals surface area contributed by atoms with Crippen molar-refractivity contribution in [3.8, 4) is 5.75 Å². The van der Waals surface area contributed by atoms with E-state index in [1.54, 1.807) is 0 Å². The van der Waals surface area contributed by atoms with Crippen molar-refractivity contribution in [3.05, 3.63) is 29.8 Å². The van der Waals surface area contributed by atoms with E-state index in [-0.39, 0.29) is 11.3 Å². The van der Waals surface area contributed by atoms with Gasteiger partial charge in [-0.25, -0.2) is 8.78 Å². The average Bonchev–Trinajstić information content (AvgIpc) is 2.55. The maximum atomic E-state index is 12.8. The fraction of sp³-hybridized carbons (Fsp3) is 0.529. The van der Waals surface area contributed by atoms with Gasteiger partial charge in [-0.1, -0.05) is 12.1 Å². The minimum Gasteiger partial charge on any atom is -0.435 e. The van der Waals surface area contributed by atoms with Gasteiger partial charge < -0.3 is 10.1 Å². The van der Waals surface area contributed by atoms with Crippen LogP contribution in [0.15, 0.2) is 24.3 Å². The van der Waals surface area contributed by atoms with Crippen molar-refractivity contribution in [1.29, 1.82) is 0 Å². The molecule has 0 saturated heterocycles. The Labute approximate surface area is 160 Å². The molecule has 0 bridgehead atoms. The number of hydrogen-bond acceptors (Lipinski definition) is 4. The molecule has 2 rings (SSSR count). The van der Waals surface area contributed by atoms with Crippen molar-refractivity contribution in [2.24, 2.45) is 5.92 Å². The van der Waals surface area contributed by atoms with Crippen LogP contribution in [-0.4, -0.2) is 37.2 Å². The van der Waals surface area contributed by atoms with Crippen LogP contribution in [0.1, 0.15) is 30.9 Å². The van der Waals surface area contributed by atoms with Crippen LogP contribution in [0.5, 0.6) is 5.75 Å². The number of carbonyl (C=O) groups excluding carboxylic acids is 2. The number of Topliss-reactive ketones (excluding diaryl/α,β-unsaturated/α-hetero) is 1. The van der Waals surface area contributed by atoms with Gasteiger partial charge in [0, 0.05) is 18.8 Å². The Morgan fingerprint density at radius 3 is 2.41 bits per heavy atom. The predicted molar refractivity (Wildman–Crippen MR) is 83.3 cm³/mol. The number of rotatable bonds is 9. The molecule has 1 aromatic carbocycles.